The van der Waals surface area contributed by atoms with Crippen molar-refractivity contribution in [1.82, 2.24) is 4.90 Å². The molecule has 2 aromatic carbocycles. The summed E-state index contributed by atoms with van der Waals surface area (Å²) < 4.78 is 0. The fourth-order valence-electron chi connectivity index (χ4n) is 2.33. The molecule has 0 saturated heterocycles. The van der Waals surface area contributed by atoms with Gasteiger partial charge in [0.05, 0.1) is 6.61 Å². The van der Waals surface area contributed by atoms with Gasteiger partial charge in [-0.2, -0.15) is 0 Å². The van der Waals surface area contributed by atoms with Crippen molar-refractivity contribution in [2.75, 3.05) is 20.2 Å². The Morgan fingerprint density at radius 2 is 1.50 bits per heavy atom. The first-order valence-electron chi connectivity index (χ1n) is 6.68. The lowest BCUT2D eigenvalue weighted by atomic mass is 9.99. The molecule has 0 aromatic heterocycles. The first kappa shape index (κ1) is 16.7. The van der Waals surface area contributed by atoms with Crippen molar-refractivity contribution >= 4 is 12.4 Å². The quantitative estimate of drug-likeness (QED) is 0.882. The van der Waals surface area contributed by atoms with Crippen LogP contribution in [0.3, 0.4) is 0 Å². The maximum Gasteiger partial charge on any atom is 0.0512 e. The molecule has 0 aliphatic heterocycles. The van der Waals surface area contributed by atoms with Crippen LogP contribution >= 0.6 is 12.4 Å². The highest BCUT2D eigenvalue weighted by atomic mass is 35.5. The summed E-state index contributed by atoms with van der Waals surface area (Å²) in [5, 5.41) is 9.57. The smallest absolute Gasteiger partial charge is 0.0512 e. The zero-order valence-corrected chi connectivity index (χ0v) is 12.6. The molecule has 0 fully saturated rings. The number of halogens is 1. The van der Waals surface area contributed by atoms with Crippen LogP contribution in [-0.4, -0.2) is 30.2 Å². The van der Waals surface area contributed by atoms with E-state index in [2.05, 4.69) is 48.3 Å². The average Bonchev–Trinajstić information content (AvgIpc) is 2.47. The second-order valence-electron chi connectivity index (χ2n) is 4.97. The van der Waals surface area contributed by atoms with Gasteiger partial charge in [-0.15, -0.1) is 12.4 Å². The van der Waals surface area contributed by atoms with Gasteiger partial charge < -0.3 is 10.0 Å². The van der Waals surface area contributed by atoms with Gasteiger partial charge in [0.15, 0.2) is 0 Å². The highest BCUT2D eigenvalue weighted by Gasteiger charge is 2.12. The number of benzene rings is 2. The number of likely N-dealkylation sites (N-methyl/N-ethyl adjacent to an activating group) is 1. The molecule has 0 spiro atoms. The predicted molar refractivity (Wildman–Crippen MR) is 86.3 cm³/mol. The van der Waals surface area contributed by atoms with Gasteiger partial charge in [0.25, 0.3) is 0 Å². The van der Waals surface area contributed by atoms with Gasteiger partial charge in [-0.25, -0.2) is 0 Å². The van der Waals surface area contributed by atoms with Crippen LogP contribution in [0.15, 0.2) is 60.7 Å². The summed E-state index contributed by atoms with van der Waals surface area (Å²) in [5.41, 5.74) is 2.50. The topological polar surface area (TPSA) is 23.5 Å². The molecule has 0 heterocycles. The minimum Gasteiger partial charge on any atom is -0.396 e. The molecule has 3 heteroatoms. The van der Waals surface area contributed by atoms with E-state index in [-0.39, 0.29) is 24.9 Å². The number of aliphatic hydroxyl groups is 1. The zero-order chi connectivity index (χ0) is 13.5. The van der Waals surface area contributed by atoms with E-state index in [0.717, 1.165) is 13.1 Å². The summed E-state index contributed by atoms with van der Waals surface area (Å²) in [7, 11) is 2.10. The van der Waals surface area contributed by atoms with Crippen LogP contribution in [0.1, 0.15) is 17.0 Å². The summed E-state index contributed by atoms with van der Waals surface area (Å²) in [6.45, 7) is 1.95. The molecule has 20 heavy (non-hydrogen) atoms. The largest absolute Gasteiger partial charge is 0.396 e. The molecule has 0 aliphatic rings. The third-order valence-electron chi connectivity index (χ3n) is 3.32. The van der Waals surface area contributed by atoms with Crippen LogP contribution in [0.4, 0.5) is 0 Å². The molecular weight excluding hydrogens is 270 g/mol. The molecular formula is C17H22ClNO. The van der Waals surface area contributed by atoms with Crippen LogP contribution in [0.5, 0.6) is 0 Å². The molecule has 2 nitrogen and oxygen atoms in total. The summed E-state index contributed by atoms with van der Waals surface area (Å²) in [5.74, 6) is 0.176. The maximum atomic E-state index is 9.57. The molecule has 1 N–H and O–H groups in total. The van der Waals surface area contributed by atoms with Crippen LogP contribution in [-0.2, 0) is 6.54 Å². The van der Waals surface area contributed by atoms with Crippen LogP contribution in [0, 0.1) is 0 Å². The number of aliphatic hydroxyl groups excluding tert-OH is 1. The molecule has 1 atom stereocenters. The highest BCUT2D eigenvalue weighted by Crippen LogP contribution is 2.16. The van der Waals surface area contributed by atoms with E-state index in [0.29, 0.717) is 0 Å². The van der Waals surface area contributed by atoms with Gasteiger partial charge in [-0.1, -0.05) is 60.7 Å². The lowest BCUT2D eigenvalue weighted by molar-refractivity contribution is 0.217. The summed E-state index contributed by atoms with van der Waals surface area (Å²) in [6.07, 6.45) is 0. The van der Waals surface area contributed by atoms with Crippen LogP contribution in [0.25, 0.3) is 0 Å². The monoisotopic (exact) mass is 291 g/mol. The van der Waals surface area contributed by atoms with E-state index in [4.69, 9.17) is 0 Å². The highest BCUT2D eigenvalue weighted by molar-refractivity contribution is 5.85. The van der Waals surface area contributed by atoms with Crippen molar-refractivity contribution in [1.29, 1.82) is 0 Å². The Kier molecular flexibility index (Phi) is 7.31. The minimum absolute atomic E-state index is 0. The van der Waals surface area contributed by atoms with Crippen molar-refractivity contribution < 1.29 is 5.11 Å². The molecule has 2 rings (SSSR count). The Morgan fingerprint density at radius 1 is 0.950 bits per heavy atom. The molecule has 0 amide bonds. The van der Waals surface area contributed by atoms with E-state index in [1.54, 1.807) is 0 Å². The van der Waals surface area contributed by atoms with Crippen molar-refractivity contribution in [3.63, 3.8) is 0 Å². The van der Waals surface area contributed by atoms with Crippen LogP contribution in [0.2, 0.25) is 0 Å². The number of hydrogen-bond acceptors (Lipinski definition) is 2. The molecule has 0 bridgehead atoms. The Labute approximate surface area is 127 Å². The molecule has 1 unspecified atom stereocenters. The Balaban J connectivity index is 0.00000200. The van der Waals surface area contributed by atoms with Gasteiger partial charge >= 0.3 is 0 Å². The van der Waals surface area contributed by atoms with Gasteiger partial charge in [0, 0.05) is 19.0 Å². The first-order chi connectivity index (χ1) is 9.29. The standard InChI is InChI=1S/C17H21NO.ClH/c1-18(12-15-8-4-2-5-9-15)13-17(14-19)16-10-6-3-7-11-16;/h2-11,17,19H,12-14H2,1H3;1H. The Morgan fingerprint density at radius 3 is 2.05 bits per heavy atom. The zero-order valence-electron chi connectivity index (χ0n) is 11.8. The lowest BCUT2D eigenvalue weighted by Gasteiger charge is -2.23. The summed E-state index contributed by atoms with van der Waals surface area (Å²) in [6, 6.07) is 20.6. The molecule has 0 aliphatic carbocycles. The van der Waals surface area contributed by atoms with Crippen molar-refractivity contribution in [3.8, 4) is 0 Å². The van der Waals surface area contributed by atoms with Crippen molar-refractivity contribution in [3.05, 3.63) is 71.8 Å². The summed E-state index contributed by atoms with van der Waals surface area (Å²) in [4.78, 5) is 2.25. The fraction of sp³-hybridized carbons (Fsp3) is 0.294. The minimum atomic E-state index is 0. The normalized spacial score (nSPS) is 11.9. The predicted octanol–water partition coefficient (Wildman–Crippen LogP) is 3.32. The number of hydrogen-bond donors (Lipinski definition) is 1. The van der Waals surface area contributed by atoms with Crippen molar-refractivity contribution in [2.45, 2.75) is 12.5 Å². The van der Waals surface area contributed by atoms with Gasteiger partial charge in [0.2, 0.25) is 0 Å². The third-order valence-corrected chi connectivity index (χ3v) is 3.32. The lowest BCUT2D eigenvalue weighted by Crippen LogP contribution is -2.26. The van der Waals surface area contributed by atoms with E-state index in [9.17, 15) is 5.11 Å². The van der Waals surface area contributed by atoms with E-state index in [1.165, 1.54) is 11.1 Å². The van der Waals surface area contributed by atoms with E-state index in [1.807, 2.05) is 24.3 Å². The fourth-order valence-corrected chi connectivity index (χ4v) is 2.33. The SMILES string of the molecule is CN(Cc1ccccc1)CC(CO)c1ccccc1.Cl. The van der Waals surface area contributed by atoms with Gasteiger partial charge in [-0.3, -0.25) is 0 Å². The van der Waals surface area contributed by atoms with Crippen molar-refractivity contribution in [2.24, 2.45) is 0 Å². The average molecular weight is 292 g/mol. The van der Waals surface area contributed by atoms with E-state index < -0.39 is 0 Å². The summed E-state index contributed by atoms with van der Waals surface area (Å²) >= 11 is 0. The van der Waals surface area contributed by atoms with Crippen LogP contribution < -0.4 is 0 Å². The molecule has 0 saturated carbocycles. The molecule has 2 aromatic rings. The first-order valence-corrected chi connectivity index (χ1v) is 6.68. The number of nitrogens with zero attached hydrogens (tertiary/aromatic N) is 1. The molecule has 108 valence electrons. The number of rotatable bonds is 6. The van der Waals surface area contributed by atoms with E-state index >= 15 is 0 Å². The third kappa shape index (κ3) is 4.97. The van der Waals surface area contributed by atoms with Gasteiger partial charge in [-0.05, 0) is 18.2 Å². The second kappa shape index (κ2) is 8.75. The maximum absolute atomic E-state index is 9.57. The Hall–Kier alpha value is -1.35. The second-order valence-corrected chi connectivity index (χ2v) is 4.97. The molecule has 0 radical (unpaired) electrons. The van der Waals surface area contributed by atoms with Gasteiger partial charge in [0.1, 0.15) is 0 Å². The Bertz CT molecular complexity index is 475.